The predicted octanol–water partition coefficient (Wildman–Crippen LogP) is 3.67. The molecule has 0 heterocycles. The summed E-state index contributed by atoms with van der Waals surface area (Å²) in [4.78, 5) is 0. The second-order valence-electron chi connectivity index (χ2n) is 4.91. The van der Waals surface area contributed by atoms with Gasteiger partial charge in [-0.3, -0.25) is 0 Å². The maximum absolute atomic E-state index is 9.33. The van der Waals surface area contributed by atoms with Gasteiger partial charge in [-0.15, -0.1) is 0 Å². The minimum Gasteiger partial charge on any atom is -0.395 e. The smallest absolute Gasteiger partial charge is 0.0584 e. The van der Waals surface area contributed by atoms with E-state index in [9.17, 15) is 5.11 Å². The Balaban J connectivity index is 2.62. The van der Waals surface area contributed by atoms with Gasteiger partial charge in [0.1, 0.15) is 0 Å². The Kier molecular flexibility index (Phi) is 7.70. The lowest BCUT2D eigenvalue weighted by atomic mass is 9.99. The highest BCUT2D eigenvalue weighted by atomic mass is 16.3. The molecule has 0 radical (unpaired) electrons. The van der Waals surface area contributed by atoms with E-state index in [4.69, 9.17) is 0 Å². The van der Waals surface area contributed by atoms with Crippen LogP contribution in [0.25, 0.3) is 0 Å². The van der Waals surface area contributed by atoms with E-state index >= 15 is 0 Å². The van der Waals surface area contributed by atoms with Crippen molar-refractivity contribution >= 4 is 0 Å². The van der Waals surface area contributed by atoms with E-state index in [1.807, 2.05) is 0 Å². The summed E-state index contributed by atoms with van der Waals surface area (Å²) in [6.07, 6.45) is 5.88. The number of unbranched alkanes of at least 4 members (excludes halogenated alkanes) is 2. The minimum absolute atomic E-state index is 0.205. The predicted molar refractivity (Wildman–Crippen MR) is 77.6 cm³/mol. The van der Waals surface area contributed by atoms with Crippen LogP contribution in [0.15, 0.2) is 30.3 Å². The number of aliphatic hydroxyl groups is 1. The molecule has 0 aromatic heterocycles. The molecule has 102 valence electrons. The molecule has 2 heteroatoms. The van der Waals surface area contributed by atoms with Crippen LogP contribution in [-0.2, 0) is 0 Å². The molecule has 18 heavy (non-hydrogen) atoms. The second-order valence-corrected chi connectivity index (χ2v) is 4.91. The van der Waals surface area contributed by atoms with Crippen molar-refractivity contribution in [3.63, 3.8) is 0 Å². The lowest BCUT2D eigenvalue weighted by Crippen LogP contribution is -2.35. The Morgan fingerprint density at radius 3 is 2.39 bits per heavy atom. The van der Waals surface area contributed by atoms with E-state index in [2.05, 4.69) is 49.5 Å². The van der Waals surface area contributed by atoms with Gasteiger partial charge in [-0.05, 0) is 18.4 Å². The summed E-state index contributed by atoms with van der Waals surface area (Å²) in [5.41, 5.74) is 1.33. The Labute approximate surface area is 111 Å². The fourth-order valence-electron chi connectivity index (χ4n) is 2.21. The van der Waals surface area contributed by atoms with Crippen molar-refractivity contribution < 1.29 is 5.11 Å². The van der Waals surface area contributed by atoms with Crippen LogP contribution in [0.2, 0.25) is 0 Å². The highest BCUT2D eigenvalue weighted by Gasteiger charge is 2.14. The Morgan fingerprint density at radius 2 is 1.83 bits per heavy atom. The van der Waals surface area contributed by atoms with Gasteiger partial charge in [0.05, 0.1) is 6.61 Å². The fourth-order valence-corrected chi connectivity index (χ4v) is 2.21. The number of rotatable bonds is 9. The number of aliphatic hydroxyl groups excluding tert-OH is 1. The van der Waals surface area contributed by atoms with Crippen molar-refractivity contribution in [1.82, 2.24) is 5.32 Å². The van der Waals surface area contributed by atoms with Crippen molar-refractivity contribution in [1.29, 1.82) is 0 Å². The molecule has 0 bridgehead atoms. The van der Waals surface area contributed by atoms with Gasteiger partial charge in [0.25, 0.3) is 0 Å². The van der Waals surface area contributed by atoms with E-state index in [1.165, 1.54) is 24.8 Å². The van der Waals surface area contributed by atoms with Crippen molar-refractivity contribution in [2.24, 2.45) is 0 Å². The second kappa shape index (κ2) is 9.12. The largest absolute Gasteiger partial charge is 0.395 e. The average Bonchev–Trinajstić information content (AvgIpc) is 2.44. The van der Waals surface area contributed by atoms with Gasteiger partial charge in [0.2, 0.25) is 0 Å². The van der Waals surface area contributed by atoms with Crippen LogP contribution in [0.1, 0.15) is 57.6 Å². The van der Waals surface area contributed by atoms with Crippen LogP contribution in [0, 0.1) is 0 Å². The summed E-state index contributed by atoms with van der Waals surface area (Å²) in [5.74, 6) is 0. The molecule has 0 saturated carbocycles. The summed E-state index contributed by atoms with van der Waals surface area (Å²) >= 11 is 0. The van der Waals surface area contributed by atoms with E-state index < -0.39 is 0 Å². The number of nitrogens with one attached hydrogen (secondary N) is 1. The molecular weight excluding hydrogens is 222 g/mol. The average molecular weight is 249 g/mol. The molecule has 1 rings (SSSR count). The highest BCUT2D eigenvalue weighted by Crippen LogP contribution is 2.20. The molecule has 2 atom stereocenters. The molecule has 0 aliphatic rings. The van der Waals surface area contributed by atoms with Crippen LogP contribution >= 0.6 is 0 Å². The van der Waals surface area contributed by atoms with E-state index in [0.29, 0.717) is 6.04 Å². The van der Waals surface area contributed by atoms with Crippen LogP contribution in [0.3, 0.4) is 0 Å². The number of hydrogen-bond acceptors (Lipinski definition) is 2. The topological polar surface area (TPSA) is 32.3 Å². The zero-order chi connectivity index (χ0) is 13.2. The maximum Gasteiger partial charge on any atom is 0.0584 e. The Hall–Kier alpha value is -0.860. The van der Waals surface area contributed by atoms with Gasteiger partial charge in [-0.2, -0.15) is 0 Å². The van der Waals surface area contributed by atoms with Gasteiger partial charge in [-0.1, -0.05) is 63.4 Å². The molecule has 1 unspecified atom stereocenters. The molecule has 1 aromatic carbocycles. The monoisotopic (exact) mass is 249 g/mol. The lowest BCUT2D eigenvalue weighted by Gasteiger charge is -2.24. The summed E-state index contributed by atoms with van der Waals surface area (Å²) < 4.78 is 0. The van der Waals surface area contributed by atoms with Crippen LogP contribution < -0.4 is 5.32 Å². The number of hydrogen-bond donors (Lipinski definition) is 2. The Morgan fingerprint density at radius 1 is 1.11 bits per heavy atom. The van der Waals surface area contributed by atoms with Crippen LogP contribution in [0.5, 0.6) is 0 Å². The zero-order valence-corrected chi connectivity index (χ0v) is 11.7. The standard InChI is InChI=1S/C16H27NO/c1-3-5-7-12-16(17-15(4-2)13-18)14-10-8-6-9-11-14/h6,8-11,15-18H,3-5,7,12-13H2,1-2H3/t15-,16?/m1/s1. The van der Waals surface area contributed by atoms with Gasteiger partial charge in [0.15, 0.2) is 0 Å². The summed E-state index contributed by atoms with van der Waals surface area (Å²) in [5, 5.41) is 12.9. The molecular formula is C16H27NO. The molecule has 0 aliphatic carbocycles. The first-order chi connectivity index (χ1) is 8.81. The van der Waals surface area contributed by atoms with Crippen LogP contribution in [-0.4, -0.2) is 17.8 Å². The molecule has 0 fully saturated rings. The van der Waals surface area contributed by atoms with Gasteiger partial charge >= 0.3 is 0 Å². The first-order valence-corrected chi connectivity index (χ1v) is 7.23. The van der Waals surface area contributed by atoms with Gasteiger partial charge in [0, 0.05) is 12.1 Å². The molecule has 0 saturated heterocycles. The SMILES string of the molecule is CCCCCC(N[C@H](CC)CO)c1ccccc1. The molecule has 0 aliphatic heterocycles. The third kappa shape index (κ3) is 5.19. The van der Waals surface area contributed by atoms with E-state index in [-0.39, 0.29) is 12.6 Å². The molecule has 1 aromatic rings. The van der Waals surface area contributed by atoms with Crippen molar-refractivity contribution in [2.75, 3.05) is 6.61 Å². The van der Waals surface area contributed by atoms with E-state index in [1.54, 1.807) is 0 Å². The quantitative estimate of drug-likeness (QED) is 0.654. The Bertz CT molecular complexity index is 295. The molecule has 2 N–H and O–H groups in total. The fraction of sp³-hybridized carbons (Fsp3) is 0.625. The zero-order valence-electron chi connectivity index (χ0n) is 11.7. The van der Waals surface area contributed by atoms with Crippen molar-refractivity contribution in [3.8, 4) is 0 Å². The molecule has 0 amide bonds. The molecule has 2 nitrogen and oxygen atoms in total. The van der Waals surface area contributed by atoms with E-state index in [0.717, 1.165) is 12.8 Å². The van der Waals surface area contributed by atoms with Gasteiger partial charge < -0.3 is 10.4 Å². The third-order valence-corrected chi connectivity index (χ3v) is 3.45. The highest BCUT2D eigenvalue weighted by molar-refractivity contribution is 5.19. The minimum atomic E-state index is 0.205. The van der Waals surface area contributed by atoms with Crippen molar-refractivity contribution in [3.05, 3.63) is 35.9 Å². The van der Waals surface area contributed by atoms with Crippen LogP contribution in [0.4, 0.5) is 0 Å². The maximum atomic E-state index is 9.33. The first-order valence-electron chi connectivity index (χ1n) is 7.23. The number of benzene rings is 1. The molecule has 0 spiro atoms. The summed E-state index contributed by atoms with van der Waals surface area (Å²) in [6, 6.07) is 11.1. The summed E-state index contributed by atoms with van der Waals surface area (Å²) in [7, 11) is 0. The lowest BCUT2D eigenvalue weighted by molar-refractivity contribution is 0.224. The first kappa shape index (κ1) is 15.2. The van der Waals surface area contributed by atoms with Crippen molar-refractivity contribution in [2.45, 2.75) is 58.0 Å². The summed E-state index contributed by atoms with van der Waals surface area (Å²) in [6.45, 7) is 4.56. The normalized spacial score (nSPS) is 14.4. The third-order valence-electron chi connectivity index (χ3n) is 3.45. The van der Waals surface area contributed by atoms with Gasteiger partial charge in [-0.25, -0.2) is 0 Å².